The zero-order valence-corrected chi connectivity index (χ0v) is 16.3. The van der Waals surface area contributed by atoms with E-state index in [9.17, 15) is 4.79 Å². The number of carbonyl (C=O) groups excluding carboxylic acids is 1. The smallest absolute Gasteiger partial charge is 0.237 e. The van der Waals surface area contributed by atoms with Gasteiger partial charge in [0.2, 0.25) is 5.91 Å². The van der Waals surface area contributed by atoms with Gasteiger partial charge in [-0.15, -0.1) is 11.6 Å². The molecule has 1 atom stereocenters. The fourth-order valence-corrected chi connectivity index (χ4v) is 3.70. The molecule has 128 valence electrons. The first-order chi connectivity index (χ1) is 11.0. The van der Waals surface area contributed by atoms with Crippen molar-refractivity contribution in [1.29, 1.82) is 0 Å². The minimum atomic E-state index is 0.0720. The molecule has 1 fully saturated rings. The Morgan fingerprint density at radius 1 is 1.30 bits per heavy atom. The van der Waals surface area contributed by atoms with Crippen LogP contribution in [0.5, 0.6) is 0 Å². The van der Waals surface area contributed by atoms with Crippen LogP contribution in [0.2, 0.25) is 0 Å². The van der Waals surface area contributed by atoms with E-state index in [2.05, 4.69) is 58.9 Å². The molecule has 0 spiro atoms. The van der Waals surface area contributed by atoms with Crippen molar-refractivity contribution in [2.24, 2.45) is 5.92 Å². The molecule has 0 saturated carbocycles. The Morgan fingerprint density at radius 3 is 2.61 bits per heavy atom. The lowest BCUT2D eigenvalue weighted by atomic mass is 10.0. The van der Waals surface area contributed by atoms with E-state index in [0.717, 1.165) is 43.5 Å². The van der Waals surface area contributed by atoms with Gasteiger partial charge in [-0.05, 0) is 36.5 Å². The van der Waals surface area contributed by atoms with Crippen LogP contribution < -0.4 is 0 Å². The van der Waals surface area contributed by atoms with E-state index in [1.807, 2.05) is 4.90 Å². The van der Waals surface area contributed by atoms with Gasteiger partial charge in [-0.1, -0.05) is 41.9 Å². The quantitative estimate of drug-likeness (QED) is 0.692. The van der Waals surface area contributed by atoms with Crippen LogP contribution >= 0.6 is 27.5 Å². The number of benzene rings is 1. The molecule has 0 N–H and O–H groups in total. The Kier molecular flexibility index (Phi) is 7.38. The predicted molar refractivity (Wildman–Crippen MR) is 99.7 cm³/mol. The third-order valence-electron chi connectivity index (χ3n) is 4.28. The standard InChI is InChI=1S/C18H26BrClN2O/c1-14(2)10-17-13-21(8-3-9-22(17)18(23)11-20)12-15-4-6-16(19)7-5-15/h4-7,14,17H,3,8-13H2,1-2H3. The molecule has 0 aromatic heterocycles. The second-order valence-electron chi connectivity index (χ2n) is 6.72. The number of hydrogen-bond donors (Lipinski definition) is 0. The van der Waals surface area contributed by atoms with Crippen molar-refractivity contribution in [1.82, 2.24) is 9.80 Å². The summed E-state index contributed by atoms with van der Waals surface area (Å²) in [6, 6.07) is 8.76. The molecule has 1 unspecified atom stereocenters. The van der Waals surface area contributed by atoms with Crippen LogP contribution in [0.15, 0.2) is 28.7 Å². The molecular weight excluding hydrogens is 376 g/mol. The van der Waals surface area contributed by atoms with Gasteiger partial charge >= 0.3 is 0 Å². The van der Waals surface area contributed by atoms with Crippen LogP contribution in [0, 0.1) is 5.92 Å². The summed E-state index contributed by atoms with van der Waals surface area (Å²) >= 11 is 9.29. The van der Waals surface area contributed by atoms with E-state index in [-0.39, 0.29) is 17.8 Å². The van der Waals surface area contributed by atoms with Crippen molar-refractivity contribution in [3.63, 3.8) is 0 Å². The van der Waals surface area contributed by atoms with Gasteiger partial charge in [0, 0.05) is 36.7 Å². The number of rotatable bonds is 5. The normalized spacial score (nSPS) is 19.9. The first kappa shape index (κ1) is 18.8. The van der Waals surface area contributed by atoms with Gasteiger partial charge in [-0.2, -0.15) is 0 Å². The maximum Gasteiger partial charge on any atom is 0.237 e. The lowest BCUT2D eigenvalue weighted by Gasteiger charge is -2.32. The van der Waals surface area contributed by atoms with Crippen molar-refractivity contribution in [2.75, 3.05) is 25.5 Å². The molecule has 0 radical (unpaired) electrons. The summed E-state index contributed by atoms with van der Waals surface area (Å²) in [6.45, 7) is 8.14. The Morgan fingerprint density at radius 2 is 2.00 bits per heavy atom. The summed E-state index contributed by atoms with van der Waals surface area (Å²) in [7, 11) is 0. The van der Waals surface area contributed by atoms with Crippen LogP contribution in [0.25, 0.3) is 0 Å². The van der Waals surface area contributed by atoms with Crippen LogP contribution in [-0.2, 0) is 11.3 Å². The van der Waals surface area contributed by atoms with Crippen molar-refractivity contribution < 1.29 is 4.79 Å². The number of amides is 1. The van der Waals surface area contributed by atoms with Gasteiger partial charge in [0.1, 0.15) is 5.88 Å². The van der Waals surface area contributed by atoms with Gasteiger partial charge in [-0.25, -0.2) is 0 Å². The average molecular weight is 402 g/mol. The summed E-state index contributed by atoms with van der Waals surface area (Å²) in [5.74, 6) is 0.725. The second kappa shape index (κ2) is 9.05. The highest BCUT2D eigenvalue weighted by Gasteiger charge is 2.28. The van der Waals surface area contributed by atoms with Crippen LogP contribution in [-0.4, -0.2) is 47.3 Å². The SMILES string of the molecule is CC(C)CC1CN(Cc2ccc(Br)cc2)CCCN1C(=O)CCl. The first-order valence-corrected chi connectivity index (χ1v) is 9.64. The minimum Gasteiger partial charge on any atom is -0.337 e. The number of halogens is 2. The number of carbonyl (C=O) groups is 1. The average Bonchev–Trinajstić information content (AvgIpc) is 2.70. The largest absolute Gasteiger partial charge is 0.337 e. The van der Waals surface area contributed by atoms with Gasteiger partial charge in [0.25, 0.3) is 0 Å². The van der Waals surface area contributed by atoms with Gasteiger partial charge < -0.3 is 4.90 Å². The van der Waals surface area contributed by atoms with Crippen LogP contribution in [0.1, 0.15) is 32.3 Å². The fraction of sp³-hybridized carbons (Fsp3) is 0.611. The van der Waals surface area contributed by atoms with Gasteiger partial charge in [-0.3, -0.25) is 9.69 Å². The third-order valence-corrected chi connectivity index (χ3v) is 5.04. The Bertz CT molecular complexity index is 506. The Balaban J connectivity index is 2.07. The van der Waals surface area contributed by atoms with E-state index >= 15 is 0 Å². The molecular formula is C18H26BrClN2O. The monoisotopic (exact) mass is 400 g/mol. The predicted octanol–water partition coefficient (Wildman–Crippen LogP) is 4.14. The highest BCUT2D eigenvalue weighted by atomic mass is 79.9. The number of alkyl halides is 1. The van der Waals surface area contributed by atoms with E-state index in [1.54, 1.807) is 0 Å². The van der Waals surface area contributed by atoms with Crippen LogP contribution in [0.4, 0.5) is 0 Å². The lowest BCUT2D eigenvalue weighted by Crippen LogP contribution is -2.45. The maximum absolute atomic E-state index is 12.2. The number of hydrogen-bond acceptors (Lipinski definition) is 2. The second-order valence-corrected chi connectivity index (χ2v) is 7.90. The molecule has 1 aliphatic rings. The summed E-state index contributed by atoms with van der Waals surface area (Å²) in [5.41, 5.74) is 1.31. The topological polar surface area (TPSA) is 23.6 Å². The molecule has 1 amide bonds. The molecule has 1 aromatic rings. The molecule has 1 aromatic carbocycles. The molecule has 3 nitrogen and oxygen atoms in total. The zero-order valence-electron chi connectivity index (χ0n) is 14.0. The fourth-order valence-electron chi connectivity index (χ4n) is 3.28. The molecule has 5 heteroatoms. The van der Waals surface area contributed by atoms with E-state index in [4.69, 9.17) is 11.6 Å². The summed E-state index contributed by atoms with van der Waals surface area (Å²) < 4.78 is 1.11. The molecule has 2 rings (SSSR count). The lowest BCUT2D eigenvalue weighted by molar-refractivity contribution is -0.131. The Hall–Kier alpha value is -0.580. The molecule has 0 bridgehead atoms. The maximum atomic E-state index is 12.2. The van der Waals surface area contributed by atoms with Crippen molar-refractivity contribution in [2.45, 2.75) is 39.3 Å². The van der Waals surface area contributed by atoms with Crippen molar-refractivity contribution in [3.8, 4) is 0 Å². The zero-order chi connectivity index (χ0) is 16.8. The highest BCUT2D eigenvalue weighted by molar-refractivity contribution is 9.10. The van der Waals surface area contributed by atoms with E-state index in [1.165, 1.54) is 5.56 Å². The molecule has 1 saturated heterocycles. The third kappa shape index (κ3) is 5.77. The van der Waals surface area contributed by atoms with Crippen molar-refractivity contribution >= 4 is 33.4 Å². The molecule has 23 heavy (non-hydrogen) atoms. The highest BCUT2D eigenvalue weighted by Crippen LogP contribution is 2.20. The van der Waals surface area contributed by atoms with E-state index < -0.39 is 0 Å². The van der Waals surface area contributed by atoms with Gasteiger partial charge in [0.05, 0.1) is 0 Å². The molecule has 0 aliphatic carbocycles. The Labute approximate surface area is 153 Å². The molecule has 1 heterocycles. The number of nitrogens with zero attached hydrogens (tertiary/aromatic N) is 2. The van der Waals surface area contributed by atoms with Crippen LogP contribution in [0.3, 0.4) is 0 Å². The summed E-state index contributed by atoms with van der Waals surface area (Å²) in [6.07, 6.45) is 2.03. The summed E-state index contributed by atoms with van der Waals surface area (Å²) in [5, 5.41) is 0. The summed E-state index contributed by atoms with van der Waals surface area (Å²) in [4.78, 5) is 16.7. The van der Waals surface area contributed by atoms with E-state index in [0.29, 0.717) is 5.92 Å². The van der Waals surface area contributed by atoms with Gasteiger partial charge in [0.15, 0.2) is 0 Å². The minimum absolute atomic E-state index is 0.0720. The van der Waals surface area contributed by atoms with Crippen molar-refractivity contribution in [3.05, 3.63) is 34.3 Å². The molecule has 1 aliphatic heterocycles. The first-order valence-electron chi connectivity index (χ1n) is 8.32.